The minimum absolute atomic E-state index is 0.00145. The molecule has 1 aromatic heterocycles. The molecule has 1 atom stereocenters. The van der Waals surface area contributed by atoms with Crippen LogP contribution in [0.5, 0.6) is 0 Å². The quantitative estimate of drug-likeness (QED) is 0.576. The summed E-state index contributed by atoms with van der Waals surface area (Å²) >= 11 is 0. The van der Waals surface area contributed by atoms with Crippen molar-refractivity contribution in [2.75, 3.05) is 36.5 Å². The highest BCUT2D eigenvalue weighted by molar-refractivity contribution is 6.03. The van der Waals surface area contributed by atoms with Crippen LogP contribution in [0.3, 0.4) is 0 Å². The molecule has 1 unspecified atom stereocenters. The summed E-state index contributed by atoms with van der Waals surface area (Å²) in [6.45, 7) is 6.61. The zero-order valence-corrected chi connectivity index (χ0v) is 18.6. The number of benzene rings is 2. The second-order valence-corrected chi connectivity index (χ2v) is 7.70. The lowest BCUT2D eigenvalue weighted by molar-refractivity contribution is -0.123. The van der Waals surface area contributed by atoms with Crippen LogP contribution in [-0.2, 0) is 20.8 Å². The number of hydrogen-bond donors (Lipinski definition) is 1. The Labute approximate surface area is 190 Å². The van der Waals surface area contributed by atoms with E-state index in [4.69, 9.17) is 9.47 Å². The maximum absolute atomic E-state index is 12.8. The Bertz CT molecular complexity index is 1220. The molecule has 1 saturated heterocycles. The van der Waals surface area contributed by atoms with Gasteiger partial charge in [0.15, 0.2) is 11.8 Å². The minimum atomic E-state index is -1.06. The summed E-state index contributed by atoms with van der Waals surface area (Å²) in [7, 11) is 0. The Morgan fingerprint density at radius 1 is 1.09 bits per heavy atom. The number of esters is 1. The molecule has 2 aromatic carbocycles. The fraction of sp³-hybridized carbons (Fsp3) is 0.333. The van der Waals surface area contributed by atoms with Crippen LogP contribution in [-0.4, -0.2) is 54.1 Å². The van der Waals surface area contributed by atoms with E-state index in [9.17, 15) is 14.4 Å². The van der Waals surface area contributed by atoms with Crippen molar-refractivity contribution in [3.05, 3.63) is 64.6 Å². The summed E-state index contributed by atoms with van der Waals surface area (Å²) in [5, 5.41) is 7.68. The standard InChI is InChI=1S/C24H26N4O5/c1-3-28-23(30)20-7-5-4-6-19(20)21(26-28)24(31)33-16(2)22(29)25-17-8-10-18(11-9-17)27-12-14-32-15-13-27/h4-11,16H,3,12-15H2,1-2H3,(H,25,29). The van der Waals surface area contributed by atoms with Crippen LogP contribution in [0.25, 0.3) is 10.8 Å². The SMILES string of the molecule is CCn1nc(C(=O)OC(C)C(=O)Nc2ccc(N3CCOCC3)cc2)c2ccccc2c1=O. The number of morpholine rings is 1. The Hall–Kier alpha value is -3.72. The van der Waals surface area contributed by atoms with E-state index in [2.05, 4.69) is 15.3 Å². The highest BCUT2D eigenvalue weighted by Crippen LogP contribution is 2.20. The van der Waals surface area contributed by atoms with Gasteiger partial charge in [-0.3, -0.25) is 9.59 Å². The Kier molecular flexibility index (Phi) is 6.69. The van der Waals surface area contributed by atoms with Gasteiger partial charge in [0.25, 0.3) is 11.5 Å². The monoisotopic (exact) mass is 450 g/mol. The minimum Gasteiger partial charge on any atom is -0.448 e. The predicted octanol–water partition coefficient (Wildman–Crippen LogP) is 2.44. The van der Waals surface area contributed by atoms with E-state index in [-0.39, 0.29) is 11.3 Å². The number of carbonyl (C=O) groups excluding carboxylic acids is 2. The second kappa shape index (κ2) is 9.83. The zero-order valence-electron chi connectivity index (χ0n) is 18.6. The molecule has 9 nitrogen and oxygen atoms in total. The van der Waals surface area contributed by atoms with Crippen molar-refractivity contribution in [2.24, 2.45) is 0 Å². The molecular formula is C24H26N4O5. The molecule has 1 aliphatic heterocycles. The maximum atomic E-state index is 12.8. The molecule has 0 bridgehead atoms. The summed E-state index contributed by atoms with van der Waals surface area (Å²) in [6, 6.07) is 14.2. The third kappa shape index (κ3) is 4.88. The number of hydrogen-bond acceptors (Lipinski definition) is 7. The van der Waals surface area contributed by atoms with Gasteiger partial charge in [-0.25, -0.2) is 9.48 Å². The number of aromatic nitrogens is 2. The molecule has 9 heteroatoms. The van der Waals surface area contributed by atoms with Crippen LogP contribution in [0, 0.1) is 0 Å². The summed E-state index contributed by atoms with van der Waals surface area (Å²) < 4.78 is 12.0. The highest BCUT2D eigenvalue weighted by Gasteiger charge is 2.23. The van der Waals surface area contributed by atoms with Gasteiger partial charge in [0.05, 0.1) is 18.6 Å². The molecule has 1 N–H and O–H groups in total. The van der Waals surface area contributed by atoms with Gasteiger partial charge in [-0.15, -0.1) is 0 Å². The fourth-order valence-corrected chi connectivity index (χ4v) is 3.69. The third-order valence-electron chi connectivity index (χ3n) is 5.52. The van der Waals surface area contributed by atoms with Crippen molar-refractivity contribution < 1.29 is 19.1 Å². The van der Waals surface area contributed by atoms with Gasteiger partial charge >= 0.3 is 5.97 Å². The topological polar surface area (TPSA) is 103 Å². The van der Waals surface area contributed by atoms with Crippen molar-refractivity contribution in [1.29, 1.82) is 0 Å². The molecule has 2 heterocycles. The van der Waals surface area contributed by atoms with Crippen molar-refractivity contribution >= 4 is 34.0 Å². The van der Waals surface area contributed by atoms with E-state index in [0.717, 1.165) is 18.8 Å². The largest absolute Gasteiger partial charge is 0.448 e. The van der Waals surface area contributed by atoms with Crippen LogP contribution in [0.1, 0.15) is 24.3 Å². The molecule has 4 rings (SSSR count). The lowest BCUT2D eigenvalue weighted by atomic mass is 10.1. The number of fused-ring (bicyclic) bond motifs is 1. The zero-order chi connectivity index (χ0) is 23.4. The van der Waals surface area contributed by atoms with Crippen molar-refractivity contribution in [1.82, 2.24) is 9.78 Å². The molecule has 1 amide bonds. The lowest BCUT2D eigenvalue weighted by Gasteiger charge is -2.28. The summed E-state index contributed by atoms with van der Waals surface area (Å²) in [6.07, 6.45) is -1.06. The molecular weight excluding hydrogens is 424 g/mol. The van der Waals surface area contributed by atoms with Crippen LogP contribution < -0.4 is 15.8 Å². The molecule has 0 spiro atoms. The molecule has 172 valence electrons. The second-order valence-electron chi connectivity index (χ2n) is 7.70. The number of anilines is 2. The summed E-state index contributed by atoms with van der Waals surface area (Å²) in [4.78, 5) is 40.1. The predicted molar refractivity (Wildman–Crippen MR) is 125 cm³/mol. The number of nitrogens with one attached hydrogen (secondary N) is 1. The van der Waals surface area contributed by atoms with E-state index in [1.807, 2.05) is 24.3 Å². The van der Waals surface area contributed by atoms with Crippen LogP contribution in [0.2, 0.25) is 0 Å². The maximum Gasteiger partial charge on any atom is 0.360 e. The average Bonchev–Trinajstić information content (AvgIpc) is 2.85. The molecule has 0 aliphatic carbocycles. The van der Waals surface area contributed by atoms with E-state index < -0.39 is 18.0 Å². The molecule has 0 saturated carbocycles. The fourth-order valence-electron chi connectivity index (χ4n) is 3.69. The molecule has 1 fully saturated rings. The molecule has 1 aliphatic rings. The van der Waals surface area contributed by atoms with Crippen LogP contribution in [0.15, 0.2) is 53.3 Å². The number of carbonyl (C=O) groups is 2. The number of ether oxygens (including phenoxy) is 2. The number of amides is 1. The first kappa shape index (κ1) is 22.5. The first-order valence-electron chi connectivity index (χ1n) is 10.9. The first-order valence-corrected chi connectivity index (χ1v) is 10.9. The van der Waals surface area contributed by atoms with Gasteiger partial charge in [0.1, 0.15) is 0 Å². The van der Waals surface area contributed by atoms with Gasteiger partial charge in [-0.1, -0.05) is 18.2 Å². The van der Waals surface area contributed by atoms with Crippen LogP contribution in [0.4, 0.5) is 11.4 Å². The van der Waals surface area contributed by atoms with Gasteiger partial charge < -0.3 is 19.7 Å². The van der Waals surface area contributed by atoms with Crippen LogP contribution >= 0.6 is 0 Å². The normalized spacial score (nSPS) is 14.7. The Morgan fingerprint density at radius 3 is 2.42 bits per heavy atom. The van der Waals surface area contributed by atoms with Crippen molar-refractivity contribution in [3.8, 4) is 0 Å². The van der Waals surface area contributed by atoms with E-state index >= 15 is 0 Å². The Morgan fingerprint density at radius 2 is 1.76 bits per heavy atom. The average molecular weight is 450 g/mol. The van der Waals surface area contributed by atoms with Gasteiger partial charge in [-0.05, 0) is 44.2 Å². The molecule has 0 radical (unpaired) electrons. The summed E-state index contributed by atoms with van der Waals surface area (Å²) in [5.41, 5.74) is 1.38. The van der Waals surface area contributed by atoms with Crippen molar-refractivity contribution in [2.45, 2.75) is 26.5 Å². The molecule has 3 aromatic rings. The Balaban J connectivity index is 1.44. The third-order valence-corrected chi connectivity index (χ3v) is 5.52. The molecule has 33 heavy (non-hydrogen) atoms. The van der Waals surface area contributed by atoms with Crippen molar-refractivity contribution in [3.63, 3.8) is 0 Å². The lowest BCUT2D eigenvalue weighted by Crippen LogP contribution is -2.36. The van der Waals surface area contributed by atoms with E-state index in [0.29, 0.717) is 36.2 Å². The van der Waals surface area contributed by atoms with Gasteiger partial charge in [0, 0.05) is 36.4 Å². The summed E-state index contributed by atoms with van der Waals surface area (Å²) in [5.74, 6) is -1.23. The number of rotatable bonds is 6. The van der Waals surface area contributed by atoms with Gasteiger partial charge in [0.2, 0.25) is 0 Å². The number of nitrogens with zero attached hydrogens (tertiary/aromatic N) is 3. The first-order chi connectivity index (χ1) is 16.0. The van der Waals surface area contributed by atoms with E-state index in [1.165, 1.54) is 11.6 Å². The highest BCUT2D eigenvalue weighted by atomic mass is 16.5. The number of aryl methyl sites for hydroxylation is 1. The van der Waals surface area contributed by atoms with E-state index in [1.54, 1.807) is 31.2 Å². The smallest absolute Gasteiger partial charge is 0.360 e. The van der Waals surface area contributed by atoms with Gasteiger partial charge in [-0.2, -0.15) is 5.10 Å².